The molecular weight excluding hydrogens is 295 g/mol. The number of primary amides is 1. The Hall–Kier alpha value is -1.71. The van der Waals surface area contributed by atoms with E-state index in [1.165, 1.54) is 0 Å². The minimum absolute atomic E-state index is 0.401. The van der Waals surface area contributed by atoms with Crippen LogP contribution in [0.25, 0.3) is 0 Å². The van der Waals surface area contributed by atoms with Crippen molar-refractivity contribution in [1.82, 2.24) is 0 Å². The minimum atomic E-state index is -0.489. The summed E-state index contributed by atoms with van der Waals surface area (Å²) < 4.78 is 0. The summed E-state index contributed by atoms with van der Waals surface area (Å²) in [5, 5.41) is 4.46. The molecule has 1 amide bonds. The third-order valence-electron chi connectivity index (χ3n) is 3.01. The first kappa shape index (κ1) is 14.7. The normalized spacial score (nSPS) is 10.3. The fraction of sp³-hybridized carbons (Fsp3) is 0.133. The van der Waals surface area contributed by atoms with Gasteiger partial charge < -0.3 is 11.1 Å². The zero-order valence-electron chi connectivity index (χ0n) is 10.9. The lowest BCUT2D eigenvalue weighted by molar-refractivity contribution is 0.100. The molecule has 3 N–H and O–H groups in total. The van der Waals surface area contributed by atoms with Crippen LogP contribution in [0.1, 0.15) is 21.5 Å². The number of aryl methyl sites for hydroxylation is 1. The zero-order chi connectivity index (χ0) is 14.7. The van der Waals surface area contributed by atoms with Crippen LogP contribution in [0.3, 0.4) is 0 Å². The summed E-state index contributed by atoms with van der Waals surface area (Å²) in [4.78, 5) is 11.1. The average Bonchev–Trinajstić information content (AvgIpc) is 2.40. The molecule has 0 radical (unpaired) electrons. The van der Waals surface area contributed by atoms with Crippen molar-refractivity contribution >= 4 is 34.8 Å². The number of amides is 1. The monoisotopic (exact) mass is 308 g/mol. The van der Waals surface area contributed by atoms with Crippen LogP contribution in [0, 0.1) is 6.92 Å². The van der Waals surface area contributed by atoms with E-state index >= 15 is 0 Å². The highest BCUT2D eigenvalue weighted by Crippen LogP contribution is 2.23. The number of rotatable bonds is 4. The third kappa shape index (κ3) is 3.44. The van der Waals surface area contributed by atoms with E-state index in [1.54, 1.807) is 18.2 Å². The largest absolute Gasteiger partial charge is 0.381 e. The van der Waals surface area contributed by atoms with Crippen molar-refractivity contribution in [3.63, 3.8) is 0 Å². The first-order chi connectivity index (χ1) is 9.47. The fourth-order valence-corrected chi connectivity index (χ4v) is 2.24. The Kier molecular flexibility index (Phi) is 4.53. The number of halogens is 2. The van der Waals surface area contributed by atoms with Crippen molar-refractivity contribution in [3.05, 3.63) is 63.1 Å². The van der Waals surface area contributed by atoms with Crippen LogP contribution in [0.4, 0.5) is 5.69 Å². The molecule has 2 aromatic carbocycles. The van der Waals surface area contributed by atoms with Crippen LogP contribution in [0.15, 0.2) is 36.4 Å². The number of hydrogen-bond acceptors (Lipinski definition) is 2. The second-order valence-corrected chi connectivity index (χ2v) is 5.33. The van der Waals surface area contributed by atoms with Gasteiger partial charge in [0, 0.05) is 27.8 Å². The Labute approximate surface area is 127 Å². The molecule has 20 heavy (non-hydrogen) atoms. The highest BCUT2D eigenvalue weighted by molar-refractivity contribution is 6.31. The van der Waals surface area contributed by atoms with Crippen LogP contribution in [0.2, 0.25) is 10.0 Å². The fourth-order valence-electron chi connectivity index (χ4n) is 1.82. The molecule has 104 valence electrons. The SMILES string of the molecule is Cc1ccc(Cl)cc1NCc1ccc(C(N)=O)cc1Cl. The van der Waals surface area contributed by atoms with E-state index < -0.39 is 5.91 Å². The summed E-state index contributed by atoms with van der Waals surface area (Å²) >= 11 is 12.1. The number of nitrogens with one attached hydrogen (secondary N) is 1. The van der Waals surface area contributed by atoms with Crippen molar-refractivity contribution in [3.8, 4) is 0 Å². The molecule has 0 aliphatic heterocycles. The minimum Gasteiger partial charge on any atom is -0.381 e. The number of carbonyl (C=O) groups excluding carboxylic acids is 1. The second-order valence-electron chi connectivity index (χ2n) is 4.48. The van der Waals surface area contributed by atoms with Crippen molar-refractivity contribution in [2.24, 2.45) is 5.73 Å². The molecule has 0 fully saturated rings. The van der Waals surface area contributed by atoms with E-state index in [9.17, 15) is 4.79 Å². The molecule has 0 saturated heterocycles. The van der Waals surface area contributed by atoms with Gasteiger partial charge in [-0.15, -0.1) is 0 Å². The second kappa shape index (κ2) is 6.16. The van der Waals surface area contributed by atoms with Gasteiger partial charge in [-0.3, -0.25) is 4.79 Å². The van der Waals surface area contributed by atoms with E-state index in [0.29, 0.717) is 22.2 Å². The molecule has 2 rings (SSSR count). The van der Waals surface area contributed by atoms with Crippen molar-refractivity contribution in [2.45, 2.75) is 13.5 Å². The third-order valence-corrected chi connectivity index (χ3v) is 3.59. The van der Waals surface area contributed by atoms with E-state index in [1.807, 2.05) is 25.1 Å². The Bertz CT molecular complexity index is 656. The van der Waals surface area contributed by atoms with Gasteiger partial charge in [0.25, 0.3) is 0 Å². The van der Waals surface area contributed by atoms with E-state index in [-0.39, 0.29) is 0 Å². The Morgan fingerprint density at radius 2 is 1.95 bits per heavy atom. The van der Waals surface area contributed by atoms with Crippen LogP contribution < -0.4 is 11.1 Å². The molecule has 0 atom stereocenters. The number of carbonyl (C=O) groups is 1. The Balaban J connectivity index is 2.15. The summed E-state index contributed by atoms with van der Waals surface area (Å²) in [5.41, 5.74) is 8.54. The molecule has 0 bridgehead atoms. The van der Waals surface area contributed by atoms with Crippen molar-refractivity contribution in [1.29, 1.82) is 0 Å². The van der Waals surface area contributed by atoms with Crippen LogP contribution in [-0.2, 0) is 6.54 Å². The smallest absolute Gasteiger partial charge is 0.248 e. The van der Waals surface area contributed by atoms with Crippen LogP contribution in [-0.4, -0.2) is 5.91 Å². The number of hydrogen-bond donors (Lipinski definition) is 2. The first-order valence-corrected chi connectivity index (χ1v) is 6.81. The Morgan fingerprint density at radius 1 is 1.20 bits per heavy atom. The predicted octanol–water partition coefficient (Wildman–Crippen LogP) is 4.01. The molecule has 0 heterocycles. The molecule has 2 aromatic rings. The topological polar surface area (TPSA) is 55.1 Å². The van der Waals surface area contributed by atoms with Gasteiger partial charge in [0.2, 0.25) is 5.91 Å². The zero-order valence-corrected chi connectivity index (χ0v) is 12.4. The number of nitrogens with two attached hydrogens (primary N) is 1. The lowest BCUT2D eigenvalue weighted by Gasteiger charge is -2.11. The molecule has 3 nitrogen and oxygen atoms in total. The van der Waals surface area contributed by atoms with Gasteiger partial charge in [0.1, 0.15) is 0 Å². The molecule has 0 spiro atoms. The molecular formula is C15H14Cl2N2O. The van der Waals surface area contributed by atoms with Crippen molar-refractivity contribution < 1.29 is 4.79 Å². The van der Waals surface area contributed by atoms with Crippen LogP contribution >= 0.6 is 23.2 Å². The lowest BCUT2D eigenvalue weighted by Crippen LogP contribution is -2.11. The van der Waals surface area contributed by atoms with Gasteiger partial charge in [0.15, 0.2) is 0 Å². The summed E-state index contributed by atoms with van der Waals surface area (Å²) in [7, 11) is 0. The molecule has 0 saturated carbocycles. The first-order valence-electron chi connectivity index (χ1n) is 6.05. The van der Waals surface area contributed by atoms with Crippen molar-refractivity contribution in [2.75, 3.05) is 5.32 Å². The van der Waals surface area contributed by atoms with E-state index in [0.717, 1.165) is 16.8 Å². The van der Waals surface area contributed by atoms with Gasteiger partial charge >= 0.3 is 0 Å². The number of anilines is 1. The van der Waals surface area contributed by atoms with Gasteiger partial charge in [-0.05, 0) is 42.3 Å². The van der Waals surface area contributed by atoms with Gasteiger partial charge in [-0.25, -0.2) is 0 Å². The molecule has 0 aliphatic carbocycles. The summed E-state index contributed by atoms with van der Waals surface area (Å²) in [6, 6.07) is 10.7. The summed E-state index contributed by atoms with van der Waals surface area (Å²) in [5.74, 6) is -0.489. The maximum atomic E-state index is 11.1. The van der Waals surface area contributed by atoms with E-state index in [2.05, 4.69) is 5.32 Å². The van der Waals surface area contributed by atoms with Gasteiger partial charge in [0.05, 0.1) is 0 Å². The van der Waals surface area contributed by atoms with E-state index in [4.69, 9.17) is 28.9 Å². The highest BCUT2D eigenvalue weighted by atomic mass is 35.5. The summed E-state index contributed by atoms with van der Waals surface area (Å²) in [6.45, 7) is 2.54. The lowest BCUT2D eigenvalue weighted by atomic mass is 10.1. The Morgan fingerprint density at radius 3 is 2.60 bits per heavy atom. The summed E-state index contributed by atoms with van der Waals surface area (Å²) in [6.07, 6.45) is 0. The molecule has 0 aromatic heterocycles. The average molecular weight is 309 g/mol. The van der Waals surface area contributed by atoms with Gasteiger partial charge in [-0.1, -0.05) is 35.3 Å². The quantitative estimate of drug-likeness (QED) is 0.896. The predicted molar refractivity (Wildman–Crippen MR) is 83.5 cm³/mol. The van der Waals surface area contributed by atoms with Gasteiger partial charge in [-0.2, -0.15) is 0 Å². The maximum Gasteiger partial charge on any atom is 0.248 e. The maximum absolute atomic E-state index is 11.1. The van der Waals surface area contributed by atoms with Crippen LogP contribution in [0.5, 0.6) is 0 Å². The number of benzene rings is 2. The molecule has 0 unspecified atom stereocenters. The molecule has 5 heteroatoms. The molecule has 0 aliphatic rings. The standard InChI is InChI=1S/C15H14Cl2N2O/c1-9-2-5-12(16)7-14(9)19-8-11-4-3-10(15(18)20)6-13(11)17/h2-7,19H,8H2,1H3,(H2,18,20). The highest BCUT2D eigenvalue weighted by Gasteiger charge is 2.06.